The van der Waals surface area contributed by atoms with Crippen LogP contribution in [0.3, 0.4) is 0 Å². The molecular weight excluding hydrogens is 220 g/mol. The van der Waals surface area contributed by atoms with Crippen LogP contribution in [0.1, 0.15) is 33.1 Å². The first-order chi connectivity index (χ1) is 8.07. The average molecular weight is 240 g/mol. The van der Waals surface area contributed by atoms with Crippen molar-refractivity contribution in [2.75, 3.05) is 14.2 Å². The van der Waals surface area contributed by atoms with E-state index in [1.807, 2.05) is 19.9 Å². The van der Waals surface area contributed by atoms with Crippen molar-refractivity contribution in [2.24, 2.45) is 11.3 Å². The summed E-state index contributed by atoms with van der Waals surface area (Å²) in [6.07, 6.45) is 4.06. The van der Waals surface area contributed by atoms with Gasteiger partial charge < -0.3 is 14.2 Å². The summed E-state index contributed by atoms with van der Waals surface area (Å²) in [7, 11) is 3.23. The predicted octanol–water partition coefficient (Wildman–Crippen LogP) is 2.24. The summed E-state index contributed by atoms with van der Waals surface area (Å²) in [6, 6.07) is 0. The van der Waals surface area contributed by atoms with Crippen molar-refractivity contribution in [2.45, 2.75) is 38.9 Å². The van der Waals surface area contributed by atoms with E-state index in [4.69, 9.17) is 14.2 Å². The van der Waals surface area contributed by atoms with Crippen LogP contribution < -0.4 is 0 Å². The molecule has 2 bridgehead atoms. The van der Waals surface area contributed by atoms with Crippen molar-refractivity contribution in [3.05, 3.63) is 11.8 Å². The molecule has 1 saturated heterocycles. The van der Waals surface area contributed by atoms with Crippen LogP contribution in [0.5, 0.6) is 0 Å². The second-order valence-corrected chi connectivity index (χ2v) is 4.80. The first-order valence-electron chi connectivity index (χ1n) is 6.12. The molecule has 0 amide bonds. The van der Waals surface area contributed by atoms with Gasteiger partial charge in [-0.2, -0.15) is 0 Å². The maximum atomic E-state index is 12.1. The van der Waals surface area contributed by atoms with Gasteiger partial charge in [0.2, 0.25) is 5.79 Å². The lowest BCUT2D eigenvalue weighted by Crippen LogP contribution is -2.43. The molecule has 2 aliphatic rings. The van der Waals surface area contributed by atoms with E-state index in [9.17, 15) is 4.79 Å². The van der Waals surface area contributed by atoms with Crippen molar-refractivity contribution >= 4 is 5.97 Å². The van der Waals surface area contributed by atoms with Crippen LogP contribution in [0, 0.1) is 11.3 Å². The van der Waals surface area contributed by atoms with Crippen LogP contribution in [-0.4, -0.2) is 26.0 Å². The maximum absolute atomic E-state index is 12.1. The molecule has 0 spiro atoms. The molecule has 17 heavy (non-hydrogen) atoms. The first kappa shape index (κ1) is 12.4. The van der Waals surface area contributed by atoms with Crippen LogP contribution in [0.15, 0.2) is 11.8 Å². The van der Waals surface area contributed by atoms with Gasteiger partial charge in [-0.1, -0.05) is 13.8 Å². The van der Waals surface area contributed by atoms with E-state index in [0.717, 1.165) is 12.2 Å². The lowest BCUT2D eigenvalue weighted by molar-refractivity contribution is -0.224. The Kier molecular flexibility index (Phi) is 2.94. The SMILES string of the molecule is CC[C@H]1C(OC)=C[C@]2(CC)C[C@]1(OC)OC2=O. The number of fused-ring (bicyclic) bond motifs is 2. The van der Waals surface area contributed by atoms with Crippen LogP contribution >= 0.6 is 0 Å². The van der Waals surface area contributed by atoms with Crippen molar-refractivity contribution in [3.8, 4) is 0 Å². The van der Waals surface area contributed by atoms with Crippen LogP contribution in [0.2, 0.25) is 0 Å². The van der Waals surface area contributed by atoms with Gasteiger partial charge >= 0.3 is 5.97 Å². The molecule has 0 radical (unpaired) electrons. The topological polar surface area (TPSA) is 44.8 Å². The molecule has 0 aromatic rings. The van der Waals surface area contributed by atoms with E-state index in [0.29, 0.717) is 12.8 Å². The molecule has 1 heterocycles. The number of carbonyl (C=O) groups is 1. The van der Waals surface area contributed by atoms with E-state index in [1.165, 1.54) is 0 Å². The maximum Gasteiger partial charge on any atom is 0.318 e. The number of carbonyl (C=O) groups excluding carboxylic acids is 1. The standard InChI is InChI=1S/C13H20O4/c1-5-9-10(15-3)7-12(6-2)8-13(9,16-4)17-11(12)14/h7,9H,5-6,8H2,1-4H3/t9-,12+,13-/m0/s1. The lowest BCUT2D eigenvalue weighted by atomic mass is 9.71. The Bertz CT molecular complexity index is 362. The fourth-order valence-electron chi connectivity index (χ4n) is 3.04. The second-order valence-electron chi connectivity index (χ2n) is 4.80. The summed E-state index contributed by atoms with van der Waals surface area (Å²) in [5.41, 5.74) is -0.562. The molecule has 0 N–H and O–H groups in total. The zero-order chi connectivity index (χ0) is 12.7. The highest BCUT2D eigenvalue weighted by Crippen LogP contribution is 2.55. The molecular formula is C13H20O4. The van der Waals surface area contributed by atoms with Crippen molar-refractivity contribution in [3.63, 3.8) is 0 Å². The average Bonchev–Trinajstić information content (AvgIpc) is 2.59. The van der Waals surface area contributed by atoms with Crippen LogP contribution in [0.25, 0.3) is 0 Å². The van der Waals surface area contributed by atoms with Gasteiger partial charge in [0.05, 0.1) is 18.4 Å². The molecule has 0 aromatic carbocycles. The van der Waals surface area contributed by atoms with Gasteiger partial charge in [0.15, 0.2) is 0 Å². The number of esters is 1. The Morgan fingerprint density at radius 1 is 1.47 bits per heavy atom. The summed E-state index contributed by atoms with van der Waals surface area (Å²) < 4.78 is 16.5. The van der Waals surface area contributed by atoms with Crippen molar-refractivity contribution < 1.29 is 19.0 Å². The minimum Gasteiger partial charge on any atom is -0.501 e. The number of hydrogen-bond acceptors (Lipinski definition) is 4. The minimum absolute atomic E-state index is 0.0105. The summed E-state index contributed by atoms with van der Waals surface area (Å²) in [5, 5.41) is 0. The number of methoxy groups -OCH3 is 2. The summed E-state index contributed by atoms with van der Waals surface area (Å²) in [6.45, 7) is 4.03. The molecule has 1 fully saturated rings. The van der Waals surface area contributed by atoms with Crippen molar-refractivity contribution in [1.82, 2.24) is 0 Å². The van der Waals surface area contributed by atoms with E-state index >= 15 is 0 Å². The molecule has 96 valence electrons. The first-order valence-corrected chi connectivity index (χ1v) is 6.12. The molecule has 0 aromatic heterocycles. The normalized spacial score (nSPS) is 39.9. The minimum atomic E-state index is -0.831. The quantitative estimate of drug-likeness (QED) is 0.707. The third-order valence-corrected chi connectivity index (χ3v) is 4.15. The molecule has 4 heteroatoms. The number of hydrogen-bond donors (Lipinski definition) is 0. The van der Waals surface area contributed by atoms with Gasteiger partial charge in [-0.15, -0.1) is 0 Å². The van der Waals surface area contributed by atoms with E-state index in [-0.39, 0.29) is 11.9 Å². The Hall–Kier alpha value is -1.03. The summed E-state index contributed by atoms with van der Waals surface area (Å²) in [5.74, 6) is -0.216. The Morgan fingerprint density at radius 2 is 2.18 bits per heavy atom. The largest absolute Gasteiger partial charge is 0.501 e. The molecule has 4 nitrogen and oxygen atoms in total. The third-order valence-electron chi connectivity index (χ3n) is 4.15. The van der Waals surface area contributed by atoms with Crippen molar-refractivity contribution in [1.29, 1.82) is 0 Å². The van der Waals surface area contributed by atoms with Gasteiger partial charge in [0, 0.05) is 13.5 Å². The molecule has 0 unspecified atom stereocenters. The van der Waals surface area contributed by atoms with E-state index < -0.39 is 11.2 Å². The number of ether oxygens (including phenoxy) is 3. The Morgan fingerprint density at radius 3 is 2.65 bits per heavy atom. The third kappa shape index (κ3) is 1.50. The van der Waals surface area contributed by atoms with Crippen LogP contribution in [-0.2, 0) is 19.0 Å². The highest BCUT2D eigenvalue weighted by molar-refractivity contribution is 5.82. The predicted molar refractivity (Wildman–Crippen MR) is 62.0 cm³/mol. The molecule has 3 atom stereocenters. The Balaban J connectivity index is 2.52. The fourth-order valence-corrected chi connectivity index (χ4v) is 3.04. The zero-order valence-electron chi connectivity index (χ0n) is 10.9. The second kappa shape index (κ2) is 4.02. The van der Waals surface area contributed by atoms with Gasteiger partial charge in [-0.25, -0.2) is 0 Å². The molecule has 1 aliphatic carbocycles. The molecule has 1 aliphatic heterocycles. The van der Waals surface area contributed by atoms with Crippen LogP contribution in [0.4, 0.5) is 0 Å². The molecule has 2 rings (SSSR count). The smallest absolute Gasteiger partial charge is 0.318 e. The van der Waals surface area contributed by atoms with Gasteiger partial charge in [0.25, 0.3) is 0 Å². The monoisotopic (exact) mass is 240 g/mol. The van der Waals surface area contributed by atoms with Gasteiger partial charge in [0.1, 0.15) is 5.76 Å². The molecule has 0 saturated carbocycles. The summed E-state index contributed by atoms with van der Waals surface area (Å²) in [4.78, 5) is 12.1. The van der Waals surface area contributed by atoms with E-state index in [2.05, 4.69) is 0 Å². The van der Waals surface area contributed by atoms with Gasteiger partial charge in [-0.3, -0.25) is 4.79 Å². The Labute approximate surface area is 102 Å². The number of rotatable bonds is 4. The fraction of sp³-hybridized carbons (Fsp3) is 0.769. The summed E-state index contributed by atoms with van der Waals surface area (Å²) >= 11 is 0. The zero-order valence-corrected chi connectivity index (χ0v) is 10.9. The van der Waals surface area contributed by atoms with Gasteiger partial charge in [-0.05, 0) is 18.9 Å². The van der Waals surface area contributed by atoms with E-state index in [1.54, 1.807) is 14.2 Å². The highest BCUT2D eigenvalue weighted by atomic mass is 16.7. The lowest BCUT2D eigenvalue weighted by Gasteiger charge is -2.38. The highest BCUT2D eigenvalue weighted by Gasteiger charge is 2.63.